The minimum atomic E-state index is -0.897. The van der Waals surface area contributed by atoms with Gasteiger partial charge >= 0.3 is 0 Å². The molecule has 140 valence electrons. The molecular formula is C20H12ClFN2O3S. The monoisotopic (exact) mass is 414 g/mol. The van der Waals surface area contributed by atoms with Gasteiger partial charge in [-0.1, -0.05) is 17.7 Å². The van der Waals surface area contributed by atoms with Crippen molar-refractivity contribution in [2.75, 3.05) is 4.90 Å². The molecular weight excluding hydrogens is 403 g/mol. The maximum Gasteiger partial charge on any atom is 0.294 e. The smallest absolute Gasteiger partial charge is 0.294 e. The van der Waals surface area contributed by atoms with E-state index in [4.69, 9.17) is 11.6 Å². The summed E-state index contributed by atoms with van der Waals surface area (Å²) in [5.74, 6) is -2.48. The molecule has 2 aromatic heterocycles. The number of hydrogen-bond donors (Lipinski definition) is 1. The van der Waals surface area contributed by atoms with Gasteiger partial charge in [0.1, 0.15) is 5.82 Å². The lowest BCUT2D eigenvalue weighted by atomic mass is 9.96. The van der Waals surface area contributed by atoms with Crippen molar-refractivity contribution >= 4 is 40.3 Å². The number of aromatic nitrogens is 1. The van der Waals surface area contributed by atoms with Crippen molar-refractivity contribution in [2.24, 2.45) is 0 Å². The van der Waals surface area contributed by atoms with Crippen molar-refractivity contribution in [1.29, 1.82) is 0 Å². The number of carbonyl (C=O) groups excluding carboxylic acids is 2. The molecule has 1 aliphatic heterocycles. The second kappa shape index (κ2) is 7.18. The van der Waals surface area contributed by atoms with E-state index in [1.807, 2.05) is 0 Å². The molecule has 1 aliphatic rings. The highest BCUT2D eigenvalue weighted by molar-refractivity contribution is 7.12. The normalized spacial score (nSPS) is 16.7. The van der Waals surface area contributed by atoms with Gasteiger partial charge in [-0.05, 0) is 47.3 Å². The summed E-state index contributed by atoms with van der Waals surface area (Å²) in [6.07, 6.45) is 3.05. The maximum absolute atomic E-state index is 13.6. The first kappa shape index (κ1) is 18.3. The van der Waals surface area contributed by atoms with E-state index in [0.29, 0.717) is 10.4 Å². The van der Waals surface area contributed by atoms with Crippen LogP contribution in [0.3, 0.4) is 0 Å². The van der Waals surface area contributed by atoms with Crippen LogP contribution in [-0.2, 0) is 4.79 Å². The van der Waals surface area contributed by atoms with Crippen LogP contribution >= 0.6 is 22.9 Å². The van der Waals surface area contributed by atoms with Crippen LogP contribution in [0.4, 0.5) is 10.1 Å². The van der Waals surface area contributed by atoms with Gasteiger partial charge < -0.3 is 5.11 Å². The SMILES string of the molecule is O=C(C1=C(O)C(=O)N(c2ccc(F)c(Cl)c2)C1c1ccncc1)c1cccs1. The van der Waals surface area contributed by atoms with Gasteiger partial charge in [0.2, 0.25) is 5.78 Å². The molecule has 0 saturated carbocycles. The fraction of sp³-hybridized carbons (Fsp3) is 0.0500. The molecule has 1 aromatic carbocycles. The Balaban J connectivity index is 1.89. The Morgan fingerprint density at radius 1 is 1.21 bits per heavy atom. The minimum Gasteiger partial charge on any atom is -0.503 e. The molecule has 3 heterocycles. The highest BCUT2D eigenvalue weighted by atomic mass is 35.5. The van der Waals surface area contributed by atoms with Crippen LogP contribution in [-0.4, -0.2) is 21.8 Å². The lowest BCUT2D eigenvalue weighted by Crippen LogP contribution is -2.31. The zero-order valence-corrected chi connectivity index (χ0v) is 15.7. The summed E-state index contributed by atoms with van der Waals surface area (Å²) in [5, 5.41) is 12.1. The number of carbonyl (C=O) groups is 2. The van der Waals surface area contributed by atoms with Gasteiger partial charge in [-0.2, -0.15) is 0 Å². The van der Waals surface area contributed by atoms with E-state index >= 15 is 0 Å². The Bertz CT molecular complexity index is 1100. The van der Waals surface area contributed by atoms with Crippen molar-refractivity contribution in [3.05, 3.63) is 92.9 Å². The third-order valence-electron chi connectivity index (χ3n) is 4.40. The Hall–Kier alpha value is -3.03. The molecule has 1 N–H and O–H groups in total. The third kappa shape index (κ3) is 2.98. The lowest BCUT2D eigenvalue weighted by Gasteiger charge is -2.27. The van der Waals surface area contributed by atoms with Gasteiger partial charge in [0.25, 0.3) is 5.91 Å². The van der Waals surface area contributed by atoms with Gasteiger partial charge in [0.15, 0.2) is 5.76 Å². The third-order valence-corrected chi connectivity index (χ3v) is 5.56. The Labute approximate surface area is 168 Å². The van der Waals surface area contributed by atoms with Crippen molar-refractivity contribution < 1.29 is 19.1 Å². The van der Waals surface area contributed by atoms with Crippen molar-refractivity contribution in [2.45, 2.75) is 6.04 Å². The van der Waals surface area contributed by atoms with Crippen LogP contribution in [0, 0.1) is 5.82 Å². The van der Waals surface area contributed by atoms with E-state index < -0.39 is 29.3 Å². The van der Waals surface area contributed by atoms with Gasteiger partial charge in [-0.15, -0.1) is 11.3 Å². The van der Waals surface area contributed by atoms with Crippen molar-refractivity contribution in [1.82, 2.24) is 4.98 Å². The fourth-order valence-corrected chi connectivity index (χ4v) is 3.99. The fourth-order valence-electron chi connectivity index (χ4n) is 3.14. The summed E-state index contributed by atoms with van der Waals surface area (Å²) in [5.41, 5.74) is 0.797. The zero-order chi connectivity index (χ0) is 19.8. The van der Waals surface area contributed by atoms with Crippen LogP contribution in [0.2, 0.25) is 5.02 Å². The number of anilines is 1. The van der Waals surface area contributed by atoms with Crippen LogP contribution in [0.15, 0.2) is 71.6 Å². The molecule has 4 rings (SSSR count). The molecule has 3 aromatic rings. The van der Waals surface area contributed by atoms with Gasteiger partial charge in [0.05, 0.1) is 21.5 Å². The largest absolute Gasteiger partial charge is 0.503 e. The molecule has 1 amide bonds. The summed E-state index contributed by atoms with van der Waals surface area (Å²) < 4.78 is 13.6. The Morgan fingerprint density at radius 2 is 1.96 bits per heavy atom. The summed E-state index contributed by atoms with van der Waals surface area (Å²) in [6, 6.07) is 9.53. The molecule has 8 heteroatoms. The highest BCUT2D eigenvalue weighted by Gasteiger charge is 2.44. The second-order valence-corrected chi connectivity index (χ2v) is 7.38. The molecule has 1 unspecified atom stereocenters. The molecule has 0 saturated heterocycles. The Morgan fingerprint density at radius 3 is 2.61 bits per heavy atom. The number of ketones is 1. The maximum atomic E-state index is 13.6. The summed E-state index contributed by atoms with van der Waals surface area (Å²) in [4.78, 5) is 31.5. The first-order valence-electron chi connectivity index (χ1n) is 8.19. The lowest BCUT2D eigenvalue weighted by molar-refractivity contribution is -0.117. The number of aliphatic hydroxyl groups excluding tert-OH is 1. The second-order valence-electron chi connectivity index (χ2n) is 6.03. The molecule has 1 atom stereocenters. The number of amides is 1. The van der Waals surface area contributed by atoms with Crippen LogP contribution in [0.25, 0.3) is 0 Å². The molecule has 0 radical (unpaired) electrons. The van der Waals surface area contributed by atoms with Crippen molar-refractivity contribution in [3.63, 3.8) is 0 Å². The summed E-state index contributed by atoms with van der Waals surface area (Å²) in [6.45, 7) is 0. The predicted molar refractivity (Wildman–Crippen MR) is 104 cm³/mol. The molecule has 28 heavy (non-hydrogen) atoms. The van der Waals surface area contributed by atoms with Crippen LogP contribution in [0.5, 0.6) is 0 Å². The number of nitrogens with zero attached hydrogens (tertiary/aromatic N) is 2. The number of hydrogen-bond acceptors (Lipinski definition) is 5. The number of benzene rings is 1. The predicted octanol–water partition coefficient (Wildman–Crippen LogP) is 4.72. The molecule has 0 aliphatic carbocycles. The highest BCUT2D eigenvalue weighted by Crippen LogP contribution is 2.42. The standard InChI is InChI=1S/C20H12ClFN2O3S/c21-13-10-12(3-4-14(13)22)24-17(11-5-7-23-8-6-11)16(19(26)20(24)27)18(25)15-2-1-9-28-15/h1-10,17,26H. The molecule has 0 spiro atoms. The van der Waals surface area contributed by atoms with E-state index in [-0.39, 0.29) is 16.3 Å². The first-order valence-corrected chi connectivity index (χ1v) is 9.44. The number of aliphatic hydroxyl groups is 1. The minimum absolute atomic E-state index is 0.0425. The average molecular weight is 415 g/mol. The molecule has 0 bridgehead atoms. The van der Waals surface area contributed by atoms with Crippen molar-refractivity contribution in [3.8, 4) is 0 Å². The molecule has 5 nitrogen and oxygen atoms in total. The van der Waals surface area contributed by atoms with Crippen LogP contribution < -0.4 is 4.90 Å². The average Bonchev–Trinajstić information content (AvgIpc) is 3.32. The topological polar surface area (TPSA) is 70.5 Å². The summed E-state index contributed by atoms with van der Waals surface area (Å²) in [7, 11) is 0. The van der Waals surface area contributed by atoms with E-state index in [1.54, 1.807) is 29.6 Å². The Kier molecular flexibility index (Phi) is 4.70. The zero-order valence-electron chi connectivity index (χ0n) is 14.2. The van der Waals surface area contributed by atoms with Gasteiger partial charge in [-0.3, -0.25) is 19.5 Å². The molecule has 0 fully saturated rings. The number of Topliss-reactive ketones (excluding diaryl/α,β-unsaturated/α-hetero) is 1. The summed E-state index contributed by atoms with van der Waals surface area (Å²) >= 11 is 7.10. The van der Waals surface area contributed by atoms with E-state index in [9.17, 15) is 19.1 Å². The van der Waals surface area contributed by atoms with E-state index in [2.05, 4.69) is 4.98 Å². The van der Waals surface area contributed by atoms with Crippen LogP contribution in [0.1, 0.15) is 21.3 Å². The number of halogens is 2. The number of thiophene rings is 1. The van der Waals surface area contributed by atoms with E-state index in [0.717, 1.165) is 6.07 Å². The van der Waals surface area contributed by atoms with Gasteiger partial charge in [-0.25, -0.2) is 4.39 Å². The van der Waals surface area contributed by atoms with Gasteiger partial charge in [0, 0.05) is 18.1 Å². The number of pyridine rings is 1. The van der Waals surface area contributed by atoms with E-state index in [1.165, 1.54) is 40.8 Å². The quantitative estimate of drug-likeness (QED) is 0.627. The first-order chi connectivity index (χ1) is 13.5. The number of rotatable bonds is 4.